The van der Waals surface area contributed by atoms with E-state index in [1.165, 1.54) is 6.08 Å². The molecule has 0 spiro atoms. The molecular weight excluding hydrogens is 126 g/mol. The molecule has 0 saturated heterocycles. The van der Waals surface area contributed by atoms with Crippen molar-refractivity contribution in [3.8, 4) is 6.07 Å². The van der Waals surface area contributed by atoms with Gasteiger partial charge in [0.1, 0.15) is 0 Å². The Bertz CT molecular complexity index is 232. The molecule has 0 aromatic rings. The Hall–Kier alpha value is -1.36. The fourth-order valence-electron chi connectivity index (χ4n) is 0.834. The maximum absolute atomic E-state index is 10.9. The number of carbonyl (C=O) groups is 1. The minimum Gasteiger partial charge on any atom is -0.294 e. The van der Waals surface area contributed by atoms with Gasteiger partial charge in [0.15, 0.2) is 5.78 Å². The Kier molecular flexibility index (Phi) is 2.01. The standard InChI is InChI=1S/C8H7NO/c9-6-5-7-3-1-2-4-8(7)10/h1-4,7H,5H2. The van der Waals surface area contributed by atoms with Crippen molar-refractivity contribution in [1.82, 2.24) is 0 Å². The van der Waals surface area contributed by atoms with Crippen LogP contribution in [0.25, 0.3) is 0 Å². The molecule has 2 heteroatoms. The fraction of sp³-hybridized carbons (Fsp3) is 0.250. The van der Waals surface area contributed by atoms with E-state index in [1.54, 1.807) is 18.2 Å². The highest BCUT2D eigenvalue weighted by Gasteiger charge is 2.12. The number of ketones is 1. The first-order chi connectivity index (χ1) is 4.84. The Morgan fingerprint density at radius 1 is 1.60 bits per heavy atom. The van der Waals surface area contributed by atoms with Gasteiger partial charge >= 0.3 is 0 Å². The second-order valence-corrected chi connectivity index (χ2v) is 2.12. The van der Waals surface area contributed by atoms with Crippen LogP contribution in [-0.4, -0.2) is 5.78 Å². The van der Waals surface area contributed by atoms with Crippen LogP contribution in [0.15, 0.2) is 24.3 Å². The van der Waals surface area contributed by atoms with Gasteiger partial charge in [-0.1, -0.05) is 18.2 Å². The molecule has 0 aromatic carbocycles. The molecule has 0 heterocycles. The molecule has 0 amide bonds. The van der Waals surface area contributed by atoms with Gasteiger partial charge in [0, 0.05) is 6.42 Å². The van der Waals surface area contributed by atoms with E-state index in [-0.39, 0.29) is 11.7 Å². The van der Waals surface area contributed by atoms with Crippen LogP contribution in [0, 0.1) is 17.2 Å². The summed E-state index contributed by atoms with van der Waals surface area (Å²) in [6.45, 7) is 0. The van der Waals surface area contributed by atoms with Gasteiger partial charge in [0.2, 0.25) is 0 Å². The zero-order valence-electron chi connectivity index (χ0n) is 5.45. The van der Waals surface area contributed by atoms with E-state index in [0.29, 0.717) is 6.42 Å². The summed E-state index contributed by atoms with van der Waals surface area (Å²) < 4.78 is 0. The summed E-state index contributed by atoms with van der Waals surface area (Å²) >= 11 is 0. The molecule has 50 valence electrons. The highest BCUT2D eigenvalue weighted by molar-refractivity contribution is 5.94. The van der Waals surface area contributed by atoms with Crippen molar-refractivity contribution in [2.24, 2.45) is 5.92 Å². The number of carbonyl (C=O) groups excluding carboxylic acids is 1. The average molecular weight is 133 g/mol. The third kappa shape index (κ3) is 1.32. The minimum atomic E-state index is -0.199. The van der Waals surface area contributed by atoms with Gasteiger partial charge in [0.05, 0.1) is 12.0 Å². The van der Waals surface area contributed by atoms with Gasteiger partial charge in [-0.15, -0.1) is 0 Å². The summed E-state index contributed by atoms with van der Waals surface area (Å²) in [5.41, 5.74) is 0. The number of hydrogen-bond acceptors (Lipinski definition) is 2. The van der Waals surface area contributed by atoms with Crippen molar-refractivity contribution in [3.63, 3.8) is 0 Å². The Labute approximate surface area is 59.5 Å². The third-order valence-electron chi connectivity index (χ3n) is 1.39. The van der Waals surface area contributed by atoms with Crippen LogP contribution in [0.3, 0.4) is 0 Å². The Morgan fingerprint density at radius 3 is 3.00 bits per heavy atom. The van der Waals surface area contributed by atoms with E-state index < -0.39 is 0 Å². The minimum absolute atomic E-state index is 0.0315. The molecule has 0 aromatic heterocycles. The Balaban J connectivity index is 2.63. The lowest BCUT2D eigenvalue weighted by molar-refractivity contribution is -0.116. The molecule has 0 N–H and O–H groups in total. The number of nitriles is 1. The molecule has 0 bridgehead atoms. The summed E-state index contributed by atoms with van der Waals surface area (Å²) in [6, 6.07) is 1.96. The molecule has 1 rings (SSSR count). The van der Waals surface area contributed by atoms with E-state index in [4.69, 9.17) is 5.26 Å². The van der Waals surface area contributed by atoms with Gasteiger partial charge in [-0.2, -0.15) is 5.26 Å². The molecule has 1 unspecified atom stereocenters. The maximum Gasteiger partial charge on any atom is 0.163 e. The summed E-state index contributed by atoms with van der Waals surface area (Å²) in [6.07, 6.45) is 7.03. The smallest absolute Gasteiger partial charge is 0.163 e. The highest BCUT2D eigenvalue weighted by atomic mass is 16.1. The molecule has 1 atom stereocenters. The van der Waals surface area contributed by atoms with Crippen LogP contribution >= 0.6 is 0 Å². The van der Waals surface area contributed by atoms with Crippen molar-refractivity contribution >= 4 is 5.78 Å². The van der Waals surface area contributed by atoms with Gasteiger partial charge in [-0.05, 0) is 6.08 Å². The first-order valence-corrected chi connectivity index (χ1v) is 3.10. The fourth-order valence-corrected chi connectivity index (χ4v) is 0.834. The van der Waals surface area contributed by atoms with E-state index in [1.807, 2.05) is 6.07 Å². The Morgan fingerprint density at radius 2 is 2.40 bits per heavy atom. The molecule has 1 aliphatic rings. The van der Waals surface area contributed by atoms with Crippen LogP contribution in [-0.2, 0) is 4.79 Å². The molecule has 10 heavy (non-hydrogen) atoms. The van der Waals surface area contributed by atoms with E-state index in [2.05, 4.69) is 0 Å². The van der Waals surface area contributed by atoms with Crippen molar-refractivity contribution in [1.29, 1.82) is 5.26 Å². The molecule has 2 nitrogen and oxygen atoms in total. The SMILES string of the molecule is N#CCC1C=CC=CC1=O. The van der Waals surface area contributed by atoms with Crippen LogP contribution in [0.4, 0.5) is 0 Å². The highest BCUT2D eigenvalue weighted by Crippen LogP contribution is 2.10. The summed E-state index contributed by atoms with van der Waals surface area (Å²) in [5, 5.41) is 8.28. The van der Waals surface area contributed by atoms with Gasteiger partial charge in [0.25, 0.3) is 0 Å². The summed E-state index contributed by atoms with van der Waals surface area (Å²) in [4.78, 5) is 10.9. The lowest BCUT2D eigenvalue weighted by Gasteiger charge is -2.05. The van der Waals surface area contributed by atoms with Crippen LogP contribution < -0.4 is 0 Å². The van der Waals surface area contributed by atoms with Gasteiger partial charge in [-0.25, -0.2) is 0 Å². The molecule has 0 radical (unpaired) electrons. The lowest BCUT2D eigenvalue weighted by atomic mass is 9.97. The van der Waals surface area contributed by atoms with Crippen molar-refractivity contribution in [2.75, 3.05) is 0 Å². The molecule has 0 saturated carbocycles. The van der Waals surface area contributed by atoms with E-state index >= 15 is 0 Å². The largest absolute Gasteiger partial charge is 0.294 e. The number of allylic oxidation sites excluding steroid dienone is 4. The zero-order valence-corrected chi connectivity index (χ0v) is 5.45. The van der Waals surface area contributed by atoms with Crippen LogP contribution in [0.5, 0.6) is 0 Å². The predicted molar refractivity (Wildman–Crippen MR) is 37.0 cm³/mol. The maximum atomic E-state index is 10.9. The molecule has 0 fully saturated rings. The predicted octanol–water partition coefficient (Wildman–Crippen LogP) is 1.21. The van der Waals surface area contributed by atoms with Crippen LogP contribution in [0.1, 0.15) is 6.42 Å². The van der Waals surface area contributed by atoms with Crippen LogP contribution in [0.2, 0.25) is 0 Å². The average Bonchev–Trinajstić information content (AvgIpc) is 1.94. The monoisotopic (exact) mass is 133 g/mol. The summed E-state index contributed by atoms with van der Waals surface area (Å²) in [5.74, 6) is -0.168. The molecular formula is C8H7NO. The normalized spacial score (nSPS) is 22.7. The topological polar surface area (TPSA) is 40.9 Å². The first-order valence-electron chi connectivity index (χ1n) is 3.10. The molecule has 1 aliphatic carbocycles. The van der Waals surface area contributed by atoms with Crippen molar-refractivity contribution in [2.45, 2.75) is 6.42 Å². The van der Waals surface area contributed by atoms with Crippen molar-refractivity contribution < 1.29 is 4.79 Å². The third-order valence-corrected chi connectivity index (χ3v) is 1.39. The van der Waals surface area contributed by atoms with Crippen molar-refractivity contribution in [3.05, 3.63) is 24.3 Å². The second kappa shape index (κ2) is 2.98. The molecule has 0 aliphatic heterocycles. The first kappa shape index (κ1) is 6.76. The number of hydrogen-bond donors (Lipinski definition) is 0. The lowest BCUT2D eigenvalue weighted by Crippen LogP contribution is -2.10. The zero-order chi connectivity index (χ0) is 7.40. The van der Waals surface area contributed by atoms with E-state index in [0.717, 1.165) is 0 Å². The quantitative estimate of drug-likeness (QED) is 0.539. The van der Waals surface area contributed by atoms with Gasteiger partial charge < -0.3 is 0 Å². The second-order valence-electron chi connectivity index (χ2n) is 2.12. The van der Waals surface area contributed by atoms with E-state index in [9.17, 15) is 4.79 Å². The number of nitrogens with zero attached hydrogens (tertiary/aromatic N) is 1. The number of rotatable bonds is 1. The summed E-state index contributed by atoms with van der Waals surface area (Å²) in [7, 11) is 0. The van der Waals surface area contributed by atoms with Gasteiger partial charge in [-0.3, -0.25) is 4.79 Å².